The fourth-order valence-electron chi connectivity index (χ4n) is 4.98. The lowest BCUT2D eigenvalue weighted by molar-refractivity contribution is -0.385. The number of fused-ring (bicyclic) bond motifs is 1. The average Bonchev–Trinajstić information content (AvgIpc) is 3.67. The predicted octanol–water partition coefficient (Wildman–Crippen LogP) is 3.13. The van der Waals surface area contributed by atoms with Crippen molar-refractivity contribution in [1.29, 1.82) is 5.26 Å². The number of rotatable bonds is 5. The van der Waals surface area contributed by atoms with Gasteiger partial charge in [0.25, 0.3) is 0 Å². The van der Waals surface area contributed by atoms with Gasteiger partial charge in [0.05, 0.1) is 10.4 Å². The molecular formula is C24H23FN6O3. The van der Waals surface area contributed by atoms with Crippen LogP contribution in [0.3, 0.4) is 0 Å². The number of aryl methyl sites for hydroxylation is 1. The highest BCUT2D eigenvalue weighted by Gasteiger charge is 2.39. The van der Waals surface area contributed by atoms with Crippen molar-refractivity contribution in [1.82, 2.24) is 14.5 Å². The standard InChI is InChI=1S/C24H23FN6O3/c1-28-19-9-8-18(14-26)27-20(19)22(23(24(28)32)31(33)34)30-12-10-29(11-13-30)21(15-2-3-15)16-4-6-17(25)7-5-16/h4-9,15,21H,2-3,10-13H2,1H3/t21-/m0/s1. The first-order valence-corrected chi connectivity index (χ1v) is 11.2. The van der Waals surface area contributed by atoms with Gasteiger partial charge >= 0.3 is 11.2 Å². The first-order chi connectivity index (χ1) is 16.4. The van der Waals surface area contributed by atoms with E-state index in [2.05, 4.69) is 9.88 Å². The zero-order valence-corrected chi connectivity index (χ0v) is 18.6. The molecule has 34 heavy (non-hydrogen) atoms. The Kier molecular flexibility index (Phi) is 5.49. The molecule has 5 rings (SSSR count). The van der Waals surface area contributed by atoms with Gasteiger partial charge in [-0.25, -0.2) is 9.37 Å². The Labute approximate surface area is 194 Å². The number of hydrogen-bond acceptors (Lipinski definition) is 7. The van der Waals surface area contributed by atoms with Gasteiger partial charge in [-0.05, 0) is 48.6 Å². The summed E-state index contributed by atoms with van der Waals surface area (Å²) < 4.78 is 14.7. The van der Waals surface area contributed by atoms with E-state index in [1.54, 1.807) is 6.07 Å². The molecule has 0 unspecified atom stereocenters. The Morgan fingerprint density at radius 2 is 1.82 bits per heavy atom. The lowest BCUT2D eigenvalue weighted by Gasteiger charge is -2.40. The quantitative estimate of drug-likeness (QED) is 0.423. The lowest BCUT2D eigenvalue weighted by Crippen LogP contribution is -2.48. The Bertz CT molecular complexity index is 1370. The van der Waals surface area contributed by atoms with E-state index in [9.17, 15) is 24.6 Å². The molecule has 2 aliphatic rings. The first-order valence-electron chi connectivity index (χ1n) is 11.2. The summed E-state index contributed by atoms with van der Waals surface area (Å²) in [5, 5.41) is 21.3. The van der Waals surface area contributed by atoms with Crippen LogP contribution in [-0.4, -0.2) is 45.6 Å². The number of nitriles is 1. The highest BCUT2D eigenvalue weighted by atomic mass is 19.1. The van der Waals surface area contributed by atoms with Crippen molar-refractivity contribution >= 4 is 22.4 Å². The molecular weight excluding hydrogens is 439 g/mol. The maximum absolute atomic E-state index is 13.5. The van der Waals surface area contributed by atoms with E-state index in [4.69, 9.17) is 0 Å². The van der Waals surface area contributed by atoms with Crippen molar-refractivity contribution in [3.05, 3.63) is 73.9 Å². The number of hydrogen-bond donors (Lipinski definition) is 0. The SMILES string of the molecule is Cn1c(=O)c([N+](=O)[O-])c(N2CCN([C@H](c3ccc(F)cc3)C3CC3)CC2)c2nc(C#N)ccc21. The topological polar surface area (TPSA) is 108 Å². The van der Waals surface area contributed by atoms with Crippen LogP contribution in [0.4, 0.5) is 15.8 Å². The molecule has 0 spiro atoms. The van der Waals surface area contributed by atoms with Crippen LogP contribution < -0.4 is 10.5 Å². The van der Waals surface area contributed by atoms with E-state index in [-0.39, 0.29) is 28.8 Å². The molecule has 3 aromatic rings. The normalized spacial score (nSPS) is 17.5. The van der Waals surface area contributed by atoms with Gasteiger partial charge in [0.2, 0.25) is 0 Å². The molecule has 1 aliphatic heterocycles. The van der Waals surface area contributed by atoms with Gasteiger partial charge in [-0.3, -0.25) is 19.8 Å². The third-order valence-corrected chi connectivity index (χ3v) is 6.79. The minimum Gasteiger partial charge on any atom is -0.361 e. The number of anilines is 1. The summed E-state index contributed by atoms with van der Waals surface area (Å²) in [5.41, 5.74) is 0.859. The van der Waals surface area contributed by atoms with Crippen molar-refractivity contribution in [2.24, 2.45) is 13.0 Å². The van der Waals surface area contributed by atoms with Crippen molar-refractivity contribution in [3.63, 3.8) is 0 Å². The molecule has 1 saturated heterocycles. The van der Waals surface area contributed by atoms with Crippen molar-refractivity contribution < 1.29 is 9.31 Å². The lowest BCUT2D eigenvalue weighted by atomic mass is 9.99. The van der Waals surface area contributed by atoms with Gasteiger partial charge in [0, 0.05) is 39.3 Å². The number of nitrogens with zero attached hydrogens (tertiary/aromatic N) is 6. The second-order valence-electron chi connectivity index (χ2n) is 8.85. The summed E-state index contributed by atoms with van der Waals surface area (Å²) >= 11 is 0. The van der Waals surface area contributed by atoms with Crippen molar-refractivity contribution in [3.8, 4) is 6.07 Å². The van der Waals surface area contributed by atoms with Crippen LogP contribution in [-0.2, 0) is 7.05 Å². The molecule has 2 aromatic heterocycles. The van der Waals surface area contributed by atoms with Crippen LogP contribution in [0.2, 0.25) is 0 Å². The Morgan fingerprint density at radius 1 is 1.15 bits per heavy atom. The predicted molar refractivity (Wildman–Crippen MR) is 124 cm³/mol. The number of benzene rings is 1. The van der Waals surface area contributed by atoms with Gasteiger partial charge in [0.1, 0.15) is 23.1 Å². The van der Waals surface area contributed by atoms with Crippen LogP contribution in [0.1, 0.15) is 30.1 Å². The molecule has 10 heteroatoms. The number of nitro groups is 1. The maximum Gasteiger partial charge on any atom is 0.359 e. The molecule has 1 atom stereocenters. The molecule has 2 fully saturated rings. The minimum absolute atomic E-state index is 0.130. The minimum atomic E-state index is -0.705. The fourth-order valence-corrected chi connectivity index (χ4v) is 4.98. The molecule has 0 N–H and O–H groups in total. The van der Waals surface area contributed by atoms with Gasteiger partial charge in [-0.2, -0.15) is 5.26 Å². The van der Waals surface area contributed by atoms with E-state index in [0.717, 1.165) is 18.4 Å². The van der Waals surface area contributed by atoms with Crippen LogP contribution in [0.25, 0.3) is 11.0 Å². The second kappa shape index (κ2) is 8.50. The Balaban J connectivity index is 1.51. The highest BCUT2D eigenvalue weighted by Crippen LogP contribution is 2.45. The Hall–Kier alpha value is -3.84. The maximum atomic E-state index is 13.5. The number of pyridine rings is 2. The largest absolute Gasteiger partial charge is 0.361 e. The summed E-state index contributed by atoms with van der Waals surface area (Å²) in [6, 6.07) is 11.9. The summed E-state index contributed by atoms with van der Waals surface area (Å²) in [4.78, 5) is 32.7. The van der Waals surface area contributed by atoms with Gasteiger partial charge in [-0.1, -0.05) is 12.1 Å². The van der Waals surface area contributed by atoms with Crippen LogP contribution in [0, 0.1) is 33.2 Å². The van der Waals surface area contributed by atoms with E-state index >= 15 is 0 Å². The molecule has 3 heterocycles. The summed E-state index contributed by atoms with van der Waals surface area (Å²) in [6.07, 6.45) is 2.24. The number of piperazine rings is 1. The second-order valence-corrected chi connectivity index (χ2v) is 8.85. The van der Waals surface area contributed by atoms with Gasteiger partial charge < -0.3 is 9.47 Å². The van der Waals surface area contributed by atoms with Crippen LogP contribution in [0.5, 0.6) is 0 Å². The molecule has 1 saturated carbocycles. The fraction of sp³-hybridized carbons (Fsp3) is 0.375. The Morgan fingerprint density at radius 3 is 2.41 bits per heavy atom. The third-order valence-electron chi connectivity index (χ3n) is 6.79. The van der Waals surface area contributed by atoms with E-state index in [1.165, 1.54) is 29.8 Å². The zero-order valence-electron chi connectivity index (χ0n) is 18.6. The molecule has 9 nitrogen and oxygen atoms in total. The smallest absolute Gasteiger partial charge is 0.359 e. The molecule has 1 aliphatic carbocycles. The van der Waals surface area contributed by atoms with Crippen molar-refractivity contribution in [2.75, 3.05) is 31.1 Å². The highest BCUT2D eigenvalue weighted by molar-refractivity contribution is 5.94. The van der Waals surface area contributed by atoms with Crippen LogP contribution >= 0.6 is 0 Å². The number of aromatic nitrogens is 2. The molecule has 1 aromatic carbocycles. The third kappa shape index (κ3) is 3.78. The van der Waals surface area contributed by atoms with Gasteiger partial charge in [0.15, 0.2) is 5.69 Å². The summed E-state index contributed by atoms with van der Waals surface area (Å²) in [7, 11) is 1.47. The molecule has 0 radical (unpaired) electrons. The number of halogens is 1. The molecule has 0 bridgehead atoms. The zero-order chi connectivity index (χ0) is 24.0. The summed E-state index contributed by atoms with van der Waals surface area (Å²) in [6.45, 7) is 2.19. The van der Waals surface area contributed by atoms with E-state index in [0.29, 0.717) is 37.6 Å². The van der Waals surface area contributed by atoms with Crippen molar-refractivity contribution in [2.45, 2.75) is 18.9 Å². The monoisotopic (exact) mass is 462 g/mol. The van der Waals surface area contributed by atoms with E-state index < -0.39 is 16.2 Å². The van der Waals surface area contributed by atoms with Gasteiger partial charge in [-0.15, -0.1) is 0 Å². The first kappa shape index (κ1) is 22.0. The van der Waals surface area contributed by atoms with E-state index in [1.807, 2.05) is 23.1 Å². The average molecular weight is 462 g/mol. The summed E-state index contributed by atoms with van der Waals surface area (Å²) in [5.74, 6) is 0.244. The molecule has 0 amide bonds. The molecule has 174 valence electrons. The van der Waals surface area contributed by atoms with Crippen LogP contribution in [0.15, 0.2) is 41.2 Å².